The second kappa shape index (κ2) is 10.3. The third kappa shape index (κ3) is 4.80. The fraction of sp³-hybridized carbons (Fsp3) is 0.143. The van der Waals surface area contributed by atoms with Crippen molar-refractivity contribution in [2.75, 3.05) is 4.90 Å². The number of aryl methyl sites for hydroxylation is 2. The number of aliphatic hydroxyl groups is 1. The minimum absolute atomic E-state index is 0.0854. The number of carbonyl (C=O) groups is 2. The molecule has 1 saturated heterocycles. The Bertz CT molecular complexity index is 1530. The van der Waals surface area contributed by atoms with Crippen LogP contribution in [0.5, 0.6) is 0 Å². The van der Waals surface area contributed by atoms with Crippen LogP contribution in [0.3, 0.4) is 0 Å². The molecule has 9 heteroatoms. The van der Waals surface area contributed by atoms with Gasteiger partial charge in [-0.05, 0) is 37.1 Å². The van der Waals surface area contributed by atoms with Crippen LogP contribution in [0, 0.1) is 19.7 Å². The van der Waals surface area contributed by atoms with Crippen molar-refractivity contribution in [2.45, 2.75) is 30.0 Å². The van der Waals surface area contributed by atoms with Crippen LogP contribution >= 0.6 is 23.1 Å². The second-order valence-electron chi connectivity index (χ2n) is 8.63. The summed E-state index contributed by atoms with van der Waals surface area (Å²) < 4.78 is 15.7. The number of aliphatic hydroxyl groups excluding tert-OH is 1. The molecule has 5 rings (SSSR count). The fourth-order valence-corrected chi connectivity index (χ4v) is 6.06. The standard InChI is InChI=1S/C28H22FN3O3S2/c1-16-12-13-17(2)20(14-16)24(33)22-23(19-10-6-7-11-21(19)29)32(26(35)25(22)34)27-30-31-28(37-27)36-15-18-8-4-3-5-9-18/h3-14,23,33H,15H2,1-2H3/b24-22+. The Hall–Kier alpha value is -3.82. The van der Waals surface area contributed by atoms with Gasteiger partial charge in [-0.15, -0.1) is 10.2 Å². The molecule has 2 heterocycles. The molecule has 1 amide bonds. The first-order valence-corrected chi connectivity index (χ1v) is 13.3. The molecule has 4 aromatic rings. The van der Waals surface area contributed by atoms with Crippen molar-refractivity contribution in [1.82, 2.24) is 10.2 Å². The van der Waals surface area contributed by atoms with Crippen molar-refractivity contribution in [2.24, 2.45) is 0 Å². The smallest absolute Gasteiger partial charge is 0.301 e. The molecular formula is C28H22FN3O3S2. The van der Waals surface area contributed by atoms with Gasteiger partial charge >= 0.3 is 5.91 Å². The lowest BCUT2D eigenvalue weighted by atomic mass is 9.93. The largest absolute Gasteiger partial charge is 0.507 e. The summed E-state index contributed by atoms with van der Waals surface area (Å²) in [6, 6.07) is 20.0. The Labute approximate surface area is 221 Å². The predicted octanol–water partition coefficient (Wildman–Crippen LogP) is 6.21. The number of hydrogen-bond acceptors (Lipinski definition) is 7. The summed E-state index contributed by atoms with van der Waals surface area (Å²) in [7, 11) is 0. The van der Waals surface area contributed by atoms with Gasteiger partial charge in [-0.1, -0.05) is 89.3 Å². The van der Waals surface area contributed by atoms with Crippen LogP contribution in [0.2, 0.25) is 0 Å². The van der Waals surface area contributed by atoms with Crippen LogP contribution in [0.15, 0.2) is 82.7 Å². The lowest BCUT2D eigenvalue weighted by Gasteiger charge is -2.23. The summed E-state index contributed by atoms with van der Waals surface area (Å²) in [6.07, 6.45) is 0. The molecule has 1 unspecified atom stereocenters. The molecule has 6 nitrogen and oxygen atoms in total. The van der Waals surface area contributed by atoms with Crippen LogP contribution in [0.1, 0.15) is 33.9 Å². The first-order chi connectivity index (χ1) is 17.8. The number of carbonyl (C=O) groups excluding carboxylic acids is 2. The molecule has 0 bridgehead atoms. The molecule has 37 heavy (non-hydrogen) atoms. The maximum absolute atomic E-state index is 15.1. The van der Waals surface area contributed by atoms with Crippen LogP contribution in [0.25, 0.3) is 5.76 Å². The monoisotopic (exact) mass is 531 g/mol. The van der Waals surface area contributed by atoms with Crippen molar-refractivity contribution < 1.29 is 19.1 Å². The topological polar surface area (TPSA) is 83.4 Å². The van der Waals surface area contributed by atoms with E-state index >= 15 is 4.39 Å². The Kier molecular flexibility index (Phi) is 6.90. The molecule has 0 spiro atoms. The normalized spacial score (nSPS) is 16.9. The highest BCUT2D eigenvalue weighted by Crippen LogP contribution is 2.45. The predicted molar refractivity (Wildman–Crippen MR) is 143 cm³/mol. The van der Waals surface area contributed by atoms with Gasteiger partial charge in [-0.25, -0.2) is 4.39 Å². The average molecular weight is 532 g/mol. The highest BCUT2D eigenvalue weighted by molar-refractivity contribution is 8.00. The molecule has 1 aliphatic heterocycles. The minimum Gasteiger partial charge on any atom is -0.507 e. The number of anilines is 1. The van der Waals surface area contributed by atoms with Crippen molar-refractivity contribution in [3.8, 4) is 0 Å². The number of thioether (sulfide) groups is 1. The molecule has 1 aliphatic rings. The third-order valence-corrected chi connectivity index (χ3v) is 8.23. The highest BCUT2D eigenvalue weighted by atomic mass is 32.2. The van der Waals surface area contributed by atoms with Crippen LogP contribution < -0.4 is 4.90 Å². The van der Waals surface area contributed by atoms with Gasteiger partial charge in [-0.3, -0.25) is 14.5 Å². The van der Waals surface area contributed by atoms with Gasteiger partial charge in [0.05, 0.1) is 5.57 Å². The molecule has 0 saturated carbocycles. The number of amides is 1. The van der Waals surface area contributed by atoms with E-state index in [-0.39, 0.29) is 22.0 Å². The Morgan fingerprint density at radius 2 is 1.76 bits per heavy atom. The van der Waals surface area contributed by atoms with Crippen molar-refractivity contribution >= 4 is 45.7 Å². The van der Waals surface area contributed by atoms with E-state index < -0.39 is 23.5 Å². The minimum atomic E-state index is -1.19. The van der Waals surface area contributed by atoms with Crippen molar-refractivity contribution in [1.29, 1.82) is 0 Å². The molecule has 1 atom stereocenters. The van der Waals surface area contributed by atoms with Crippen LogP contribution in [0.4, 0.5) is 9.52 Å². The molecule has 1 N–H and O–H groups in total. The summed E-state index contributed by atoms with van der Waals surface area (Å²) in [5, 5.41) is 19.9. The zero-order valence-corrected chi connectivity index (χ0v) is 21.6. The van der Waals surface area contributed by atoms with Crippen LogP contribution in [-0.4, -0.2) is 27.0 Å². The number of rotatable bonds is 6. The van der Waals surface area contributed by atoms with E-state index in [0.29, 0.717) is 15.7 Å². The number of hydrogen-bond donors (Lipinski definition) is 1. The Balaban J connectivity index is 1.59. The van der Waals surface area contributed by atoms with E-state index in [4.69, 9.17) is 0 Å². The van der Waals surface area contributed by atoms with E-state index in [1.54, 1.807) is 19.1 Å². The van der Waals surface area contributed by atoms with Gasteiger partial charge in [0, 0.05) is 16.9 Å². The summed E-state index contributed by atoms with van der Waals surface area (Å²) in [5.74, 6) is -2.10. The van der Waals surface area contributed by atoms with Gasteiger partial charge < -0.3 is 5.11 Å². The molecule has 186 valence electrons. The number of halogens is 1. The third-order valence-electron chi connectivity index (χ3n) is 6.10. The maximum Gasteiger partial charge on any atom is 0.301 e. The second-order valence-corrected chi connectivity index (χ2v) is 10.8. The summed E-state index contributed by atoms with van der Waals surface area (Å²) >= 11 is 2.59. The lowest BCUT2D eigenvalue weighted by molar-refractivity contribution is -0.132. The Morgan fingerprint density at radius 3 is 2.51 bits per heavy atom. The lowest BCUT2D eigenvalue weighted by Crippen LogP contribution is -2.29. The van der Waals surface area contributed by atoms with Gasteiger partial charge in [0.25, 0.3) is 5.78 Å². The molecule has 0 aliphatic carbocycles. The van der Waals surface area contributed by atoms with E-state index in [0.717, 1.165) is 32.9 Å². The van der Waals surface area contributed by atoms with E-state index in [9.17, 15) is 14.7 Å². The molecule has 3 aromatic carbocycles. The number of benzene rings is 3. The average Bonchev–Trinajstić information content (AvgIpc) is 3.47. The van der Waals surface area contributed by atoms with Gasteiger partial charge in [0.15, 0.2) is 4.34 Å². The van der Waals surface area contributed by atoms with Crippen molar-refractivity contribution in [3.05, 3.63) is 112 Å². The quantitative estimate of drug-likeness (QED) is 0.105. The summed E-state index contributed by atoms with van der Waals surface area (Å²) in [6.45, 7) is 3.66. The van der Waals surface area contributed by atoms with E-state index in [1.165, 1.54) is 30.0 Å². The SMILES string of the molecule is Cc1ccc(C)c(/C(O)=C2\C(=O)C(=O)N(c3nnc(SCc4ccccc4)s3)C2c2ccccc2F)c1. The first kappa shape index (κ1) is 24.9. The number of nitrogens with zero attached hydrogens (tertiary/aromatic N) is 3. The van der Waals surface area contributed by atoms with Crippen LogP contribution in [-0.2, 0) is 15.3 Å². The maximum atomic E-state index is 15.1. The number of Topliss-reactive ketones (excluding diaryl/α,β-unsaturated/α-hetero) is 1. The Morgan fingerprint density at radius 1 is 1.03 bits per heavy atom. The van der Waals surface area contributed by atoms with Gasteiger partial charge in [0.1, 0.15) is 17.6 Å². The van der Waals surface area contributed by atoms with Crippen molar-refractivity contribution in [3.63, 3.8) is 0 Å². The molecule has 1 aromatic heterocycles. The fourth-order valence-electron chi connectivity index (χ4n) is 4.23. The number of ketones is 1. The first-order valence-electron chi connectivity index (χ1n) is 11.5. The van der Waals surface area contributed by atoms with Gasteiger partial charge in [-0.2, -0.15) is 0 Å². The molecular weight excluding hydrogens is 509 g/mol. The van der Waals surface area contributed by atoms with Gasteiger partial charge in [0.2, 0.25) is 5.13 Å². The summed E-state index contributed by atoms with van der Waals surface area (Å²) in [4.78, 5) is 27.8. The number of aromatic nitrogens is 2. The summed E-state index contributed by atoms with van der Waals surface area (Å²) in [5.41, 5.74) is 3.00. The van der Waals surface area contributed by atoms with E-state index in [1.807, 2.05) is 49.4 Å². The zero-order valence-electron chi connectivity index (χ0n) is 20.0. The van der Waals surface area contributed by atoms with E-state index in [2.05, 4.69) is 10.2 Å². The molecule has 1 fully saturated rings. The molecule has 0 radical (unpaired) electrons. The highest BCUT2D eigenvalue weighted by Gasteiger charge is 2.49. The zero-order chi connectivity index (χ0) is 26.1.